The number of carboxylic acid groups (broad SMARTS) is 1. The molecule has 0 saturated carbocycles. The summed E-state index contributed by atoms with van der Waals surface area (Å²) in [6, 6.07) is 4.06. The molecular weight excluding hydrogens is 168 g/mol. The predicted octanol–water partition coefficient (Wildman–Crippen LogP) is 0.674. The zero-order valence-electron chi connectivity index (χ0n) is 7.60. The fourth-order valence-electron chi connectivity index (χ4n) is 0.618. The van der Waals surface area contributed by atoms with Crippen molar-refractivity contribution in [1.29, 1.82) is 0 Å². The van der Waals surface area contributed by atoms with Gasteiger partial charge >= 0.3 is 5.97 Å². The summed E-state index contributed by atoms with van der Waals surface area (Å²) in [5, 5.41) is 7.60. The number of aromatic nitrogens is 1. The summed E-state index contributed by atoms with van der Waals surface area (Å²) in [5.74, 6) is -0.968. The van der Waals surface area contributed by atoms with Crippen LogP contribution in [-0.4, -0.2) is 22.6 Å². The number of carboxylic acids is 1. The summed E-state index contributed by atoms with van der Waals surface area (Å²) in [7, 11) is 0. The minimum absolute atomic E-state index is 0.278. The Morgan fingerprint density at radius 3 is 2.23 bits per heavy atom. The molecule has 0 aliphatic rings. The van der Waals surface area contributed by atoms with Crippen molar-refractivity contribution in [3.05, 3.63) is 30.1 Å². The van der Waals surface area contributed by atoms with Crippen LogP contribution < -0.4 is 5.73 Å². The van der Waals surface area contributed by atoms with Crippen LogP contribution in [0, 0.1) is 0 Å². The average molecular weight is 182 g/mol. The van der Waals surface area contributed by atoms with Crippen LogP contribution in [0.2, 0.25) is 0 Å². The number of nitrogens with two attached hydrogens (primary N) is 1. The molecule has 1 heterocycles. The average Bonchev–Trinajstić information content (AvgIpc) is 2.20. The van der Waals surface area contributed by atoms with Crippen LogP contribution in [0.4, 0.5) is 0 Å². The highest BCUT2D eigenvalue weighted by Crippen LogP contribution is 1.94. The third-order valence-corrected chi connectivity index (χ3v) is 1.33. The van der Waals surface area contributed by atoms with Gasteiger partial charge in [-0.2, -0.15) is 0 Å². The fraction of sp³-hybridized carbons (Fsp3) is 0.333. The number of rotatable bonds is 2. The normalized spacial score (nSPS) is 8.46. The second kappa shape index (κ2) is 7.24. The first kappa shape index (κ1) is 11.6. The summed E-state index contributed by atoms with van der Waals surface area (Å²) in [6.45, 7) is 1.86. The first-order chi connectivity index (χ1) is 6.20. The molecule has 0 saturated heterocycles. The van der Waals surface area contributed by atoms with Gasteiger partial charge in [-0.1, -0.05) is 6.92 Å². The van der Waals surface area contributed by atoms with Crippen molar-refractivity contribution in [2.45, 2.75) is 13.3 Å². The standard InChI is InChI=1S/C7H9N.C2H5NO2/c1-2-7-3-5-8-6-4-7;3-1-2(4)5/h3-6H,2H2,1H3;1,3H2,(H,4,5). The maximum atomic E-state index is 9.24. The van der Waals surface area contributed by atoms with Gasteiger partial charge in [-0.15, -0.1) is 0 Å². The molecule has 0 fully saturated rings. The fourth-order valence-corrected chi connectivity index (χ4v) is 0.618. The van der Waals surface area contributed by atoms with Gasteiger partial charge in [0.1, 0.15) is 0 Å². The topological polar surface area (TPSA) is 76.2 Å². The molecule has 0 spiro atoms. The molecule has 0 radical (unpaired) electrons. The lowest BCUT2D eigenvalue weighted by Crippen LogP contribution is -2.10. The molecular formula is C9H14N2O2. The lowest BCUT2D eigenvalue weighted by molar-refractivity contribution is -0.135. The second-order valence-electron chi connectivity index (χ2n) is 2.31. The summed E-state index contributed by atoms with van der Waals surface area (Å²) >= 11 is 0. The zero-order valence-corrected chi connectivity index (χ0v) is 7.60. The van der Waals surface area contributed by atoms with E-state index in [0.717, 1.165) is 6.42 Å². The van der Waals surface area contributed by atoms with Gasteiger partial charge in [-0.3, -0.25) is 9.78 Å². The highest BCUT2D eigenvalue weighted by molar-refractivity contribution is 5.68. The van der Waals surface area contributed by atoms with E-state index in [1.165, 1.54) is 5.56 Å². The van der Waals surface area contributed by atoms with Crippen LogP contribution in [0.15, 0.2) is 24.5 Å². The van der Waals surface area contributed by atoms with Gasteiger partial charge in [0.15, 0.2) is 0 Å². The van der Waals surface area contributed by atoms with Gasteiger partial charge < -0.3 is 10.8 Å². The maximum absolute atomic E-state index is 9.24. The van der Waals surface area contributed by atoms with E-state index in [9.17, 15) is 4.79 Å². The van der Waals surface area contributed by atoms with Crippen molar-refractivity contribution in [1.82, 2.24) is 4.98 Å². The van der Waals surface area contributed by atoms with E-state index in [2.05, 4.69) is 17.6 Å². The molecule has 0 amide bonds. The zero-order chi connectivity index (χ0) is 10.1. The van der Waals surface area contributed by atoms with E-state index < -0.39 is 5.97 Å². The van der Waals surface area contributed by atoms with Crippen molar-refractivity contribution in [3.63, 3.8) is 0 Å². The number of pyridine rings is 1. The molecule has 0 unspecified atom stereocenters. The van der Waals surface area contributed by atoms with Crippen LogP contribution in [-0.2, 0) is 11.2 Å². The Morgan fingerprint density at radius 2 is 2.00 bits per heavy atom. The van der Waals surface area contributed by atoms with Crippen molar-refractivity contribution < 1.29 is 9.90 Å². The molecule has 0 bridgehead atoms. The molecule has 0 atom stereocenters. The van der Waals surface area contributed by atoms with Gasteiger partial charge in [0.05, 0.1) is 6.54 Å². The van der Waals surface area contributed by atoms with E-state index in [0.29, 0.717) is 0 Å². The quantitative estimate of drug-likeness (QED) is 0.705. The third-order valence-electron chi connectivity index (χ3n) is 1.33. The Hall–Kier alpha value is -1.42. The van der Waals surface area contributed by atoms with Crippen molar-refractivity contribution in [2.24, 2.45) is 5.73 Å². The van der Waals surface area contributed by atoms with Gasteiger partial charge in [0, 0.05) is 12.4 Å². The van der Waals surface area contributed by atoms with E-state index >= 15 is 0 Å². The number of carbonyl (C=O) groups is 1. The molecule has 13 heavy (non-hydrogen) atoms. The van der Waals surface area contributed by atoms with Crippen LogP contribution in [0.5, 0.6) is 0 Å². The Bertz CT molecular complexity index is 237. The number of nitrogens with zero attached hydrogens (tertiary/aromatic N) is 1. The van der Waals surface area contributed by atoms with Gasteiger partial charge in [0.25, 0.3) is 0 Å². The highest BCUT2D eigenvalue weighted by Gasteiger charge is 1.81. The minimum atomic E-state index is -0.968. The Labute approximate surface area is 77.4 Å². The molecule has 1 rings (SSSR count). The summed E-state index contributed by atoms with van der Waals surface area (Å²) in [6.07, 6.45) is 4.74. The number of hydrogen-bond donors (Lipinski definition) is 2. The molecule has 3 N–H and O–H groups in total. The molecule has 1 aromatic heterocycles. The molecule has 0 aliphatic carbocycles. The number of hydrogen-bond acceptors (Lipinski definition) is 3. The third kappa shape index (κ3) is 6.96. The van der Waals surface area contributed by atoms with Crippen molar-refractivity contribution in [2.75, 3.05) is 6.54 Å². The predicted molar refractivity (Wildman–Crippen MR) is 50.3 cm³/mol. The Kier molecular flexibility index (Phi) is 6.45. The van der Waals surface area contributed by atoms with E-state index in [1.54, 1.807) is 0 Å². The molecule has 0 aromatic carbocycles. The molecule has 72 valence electrons. The van der Waals surface area contributed by atoms with Gasteiger partial charge in [0.2, 0.25) is 0 Å². The van der Waals surface area contributed by atoms with Crippen LogP contribution in [0.1, 0.15) is 12.5 Å². The molecule has 0 aliphatic heterocycles. The molecule has 4 heteroatoms. The second-order valence-corrected chi connectivity index (χ2v) is 2.31. The van der Waals surface area contributed by atoms with Crippen molar-refractivity contribution in [3.8, 4) is 0 Å². The molecule has 4 nitrogen and oxygen atoms in total. The SMILES string of the molecule is CCc1ccncc1.NCC(=O)O. The van der Waals surface area contributed by atoms with Crippen LogP contribution >= 0.6 is 0 Å². The maximum Gasteiger partial charge on any atom is 0.317 e. The number of aliphatic carboxylic acids is 1. The van der Waals surface area contributed by atoms with E-state index in [1.807, 2.05) is 24.5 Å². The van der Waals surface area contributed by atoms with Crippen LogP contribution in [0.25, 0.3) is 0 Å². The Morgan fingerprint density at radius 1 is 1.54 bits per heavy atom. The summed E-state index contributed by atoms with van der Waals surface area (Å²) in [4.78, 5) is 13.1. The van der Waals surface area contributed by atoms with Crippen LogP contribution in [0.3, 0.4) is 0 Å². The van der Waals surface area contributed by atoms with Gasteiger partial charge in [-0.05, 0) is 24.1 Å². The first-order valence-electron chi connectivity index (χ1n) is 4.01. The first-order valence-corrected chi connectivity index (χ1v) is 4.01. The van der Waals surface area contributed by atoms with Gasteiger partial charge in [-0.25, -0.2) is 0 Å². The van der Waals surface area contributed by atoms with E-state index in [4.69, 9.17) is 5.11 Å². The minimum Gasteiger partial charge on any atom is -0.480 e. The lowest BCUT2D eigenvalue weighted by atomic mass is 10.2. The molecule has 1 aromatic rings. The highest BCUT2D eigenvalue weighted by atomic mass is 16.4. The summed E-state index contributed by atoms with van der Waals surface area (Å²) < 4.78 is 0. The number of aryl methyl sites for hydroxylation is 1. The van der Waals surface area contributed by atoms with Crippen molar-refractivity contribution >= 4 is 5.97 Å². The summed E-state index contributed by atoms with van der Waals surface area (Å²) in [5.41, 5.74) is 5.92. The lowest BCUT2D eigenvalue weighted by Gasteiger charge is -1.89. The van der Waals surface area contributed by atoms with E-state index in [-0.39, 0.29) is 6.54 Å². The smallest absolute Gasteiger partial charge is 0.317 e. The monoisotopic (exact) mass is 182 g/mol. The Balaban J connectivity index is 0.000000252. The largest absolute Gasteiger partial charge is 0.480 e.